The van der Waals surface area contributed by atoms with Crippen LogP contribution in [-0.4, -0.2) is 84.4 Å². The normalized spacial score (nSPS) is 24.2. The number of nitrogens with two attached hydrogens (primary N) is 1. The fraction of sp³-hybridized carbons (Fsp3) is 0.568. The summed E-state index contributed by atoms with van der Waals surface area (Å²) in [6.07, 6.45) is 12.4. The number of rotatable bonds is 10. The largest absolute Gasteiger partial charge is 0.398 e. The highest BCUT2D eigenvalue weighted by atomic mass is 19.1. The summed E-state index contributed by atoms with van der Waals surface area (Å²) in [6, 6.07) is 7.86. The summed E-state index contributed by atoms with van der Waals surface area (Å²) in [5.41, 5.74) is 10.9. The molecule has 2 unspecified atom stereocenters. The van der Waals surface area contributed by atoms with Gasteiger partial charge in [0.2, 0.25) is 0 Å². The quantitative estimate of drug-likeness (QED) is 0.131. The highest BCUT2D eigenvalue weighted by Crippen LogP contribution is 2.46. The van der Waals surface area contributed by atoms with Gasteiger partial charge in [-0.15, -0.1) is 0 Å². The van der Waals surface area contributed by atoms with Crippen LogP contribution in [-0.2, 0) is 12.8 Å². The van der Waals surface area contributed by atoms with Crippen molar-refractivity contribution in [2.24, 2.45) is 16.3 Å². The van der Waals surface area contributed by atoms with Crippen molar-refractivity contribution in [1.29, 1.82) is 0 Å². The van der Waals surface area contributed by atoms with Crippen LogP contribution >= 0.6 is 0 Å². The molecule has 0 spiro atoms. The van der Waals surface area contributed by atoms with Crippen LogP contribution in [0.25, 0.3) is 32.8 Å². The zero-order valence-electron chi connectivity index (χ0n) is 32.4. The first kappa shape index (κ1) is 36.3. The lowest BCUT2D eigenvalue weighted by atomic mass is 9.78. The van der Waals surface area contributed by atoms with Crippen molar-refractivity contribution in [1.82, 2.24) is 19.8 Å². The van der Waals surface area contributed by atoms with E-state index in [2.05, 4.69) is 33.5 Å². The molecule has 3 aromatic carbocycles. The maximum Gasteiger partial charge on any atom is 0.159 e. The molecule has 2 bridgehead atoms. The highest BCUT2D eigenvalue weighted by Gasteiger charge is 2.43. The minimum absolute atomic E-state index is 0.144. The van der Waals surface area contributed by atoms with Gasteiger partial charge in [-0.05, 0) is 116 Å². The minimum atomic E-state index is -0.467. The van der Waals surface area contributed by atoms with Crippen LogP contribution in [0.15, 0.2) is 29.3 Å². The second-order valence-corrected chi connectivity index (χ2v) is 17.0. The molecule has 4 aliphatic rings. The number of fused-ring (bicyclic) bond motifs is 4. The fourth-order valence-corrected chi connectivity index (χ4v) is 10.3. The topological polar surface area (TPSA) is 73.9 Å². The van der Waals surface area contributed by atoms with Gasteiger partial charge in [0, 0.05) is 69.1 Å². The third-order valence-corrected chi connectivity index (χ3v) is 13.2. The molecule has 4 aromatic rings. The summed E-state index contributed by atoms with van der Waals surface area (Å²) in [5, 5.41) is 2.20. The van der Waals surface area contributed by atoms with Crippen molar-refractivity contribution in [2.75, 3.05) is 56.9 Å². The second kappa shape index (κ2) is 14.5. The Morgan fingerprint density at radius 2 is 1.77 bits per heavy atom. The molecule has 53 heavy (non-hydrogen) atoms. The SMILES string of the molecule is CCc1c(F)ccc2cc(C)cc(-c3c(N)c(C=NC)c4c(N5C6CCC5CN(CC5CCC5)C6)nc(CC[C@]5(C)CCCN(CC)C5)nc4c3F)c12. The number of piperazine rings is 1. The number of aliphatic imine (C=N–C) groups is 1. The number of likely N-dealkylation sites (tertiary alicyclic amines) is 2. The van der Waals surface area contributed by atoms with Gasteiger partial charge in [-0.1, -0.05) is 45.4 Å². The van der Waals surface area contributed by atoms with Crippen LogP contribution in [0.4, 0.5) is 20.3 Å². The lowest BCUT2D eigenvalue weighted by molar-refractivity contribution is 0.0995. The predicted molar refractivity (Wildman–Crippen MR) is 215 cm³/mol. The number of hydrogen-bond acceptors (Lipinski definition) is 7. The molecule has 0 amide bonds. The Morgan fingerprint density at radius 1 is 1.00 bits per heavy atom. The lowest BCUT2D eigenvalue weighted by Crippen LogP contribution is -2.55. The summed E-state index contributed by atoms with van der Waals surface area (Å²) >= 11 is 0. The van der Waals surface area contributed by atoms with Crippen LogP contribution in [0.2, 0.25) is 0 Å². The molecule has 3 saturated heterocycles. The molecule has 1 aliphatic carbocycles. The number of nitrogen functional groups attached to an aromatic ring is 1. The predicted octanol–water partition coefficient (Wildman–Crippen LogP) is 8.74. The molecule has 4 heterocycles. The van der Waals surface area contributed by atoms with E-state index in [4.69, 9.17) is 15.7 Å². The van der Waals surface area contributed by atoms with Crippen molar-refractivity contribution in [3.8, 4) is 11.1 Å². The van der Waals surface area contributed by atoms with Gasteiger partial charge in [-0.2, -0.15) is 0 Å². The molecule has 9 heteroatoms. The molecular weight excluding hydrogens is 665 g/mol. The third kappa shape index (κ3) is 6.60. The van der Waals surface area contributed by atoms with Crippen LogP contribution in [0.3, 0.4) is 0 Å². The molecule has 0 radical (unpaired) electrons. The Bertz CT molecular complexity index is 2040. The number of aryl methyl sites for hydroxylation is 3. The number of piperidine rings is 1. The molecule has 1 aromatic heterocycles. The van der Waals surface area contributed by atoms with E-state index < -0.39 is 5.82 Å². The maximum atomic E-state index is 17.8. The number of aromatic nitrogens is 2. The first-order valence-corrected chi connectivity index (χ1v) is 20.3. The van der Waals surface area contributed by atoms with E-state index in [1.54, 1.807) is 19.3 Å². The Labute approximate surface area is 314 Å². The van der Waals surface area contributed by atoms with E-state index in [0.717, 1.165) is 74.7 Å². The van der Waals surface area contributed by atoms with Crippen LogP contribution in [0.1, 0.15) is 94.7 Å². The molecule has 3 aliphatic heterocycles. The molecule has 282 valence electrons. The zero-order valence-corrected chi connectivity index (χ0v) is 32.4. The second-order valence-electron chi connectivity index (χ2n) is 17.0. The Morgan fingerprint density at radius 3 is 2.45 bits per heavy atom. The van der Waals surface area contributed by atoms with Crippen LogP contribution in [0.5, 0.6) is 0 Å². The van der Waals surface area contributed by atoms with Gasteiger partial charge in [0.1, 0.15) is 23.0 Å². The number of nitrogens with zero attached hydrogens (tertiary/aromatic N) is 6. The molecule has 3 atom stereocenters. The van der Waals surface area contributed by atoms with E-state index in [-0.39, 0.29) is 22.3 Å². The van der Waals surface area contributed by atoms with Crippen molar-refractivity contribution in [3.63, 3.8) is 0 Å². The first-order valence-electron chi connectivity index (χ1n) is 20.3. The van der Waals surface area contributed by atoms with Crippen molar-refractivity contribution >= 4 is 39.4 Å². The highest BCUT2D eigenvalue weighted by molar-refractivity contribution is 6.14. The monoisotopic (exact) mass is 721 g/mol. The Hall–Kier alpha value is -3.69. The molecule has 4 fully saturated rings. The van der Waals surface area contributed by atoms with Crippen molar-refractivity contribution in [3.05, 3.63) is 58.4 Å². The van der Waals surface area contributed by atoms with Gasteiger partial charge in [-0.3, -0.25) is 9.89 Å². The van der Waals surface area contributed by atoms with Crippen LogP contribution < -0.4 is 10.6 Å². The summed E-state index contributed by atoms with van der Waals surface area (Å²) in [4.78, 5) is 22.7. The summed E-state index contributed by atoms with van der Waals surface area (Å²) in [6.45, 7) is 15.0. The number of hydrogen-bond donors (Lipinski definition) is 1. The molecule has 8 rings (SSSR count). The summed E-state index contributed by atoms with van der Waals surface area (Å²) in [7, 11) is 1.73. The van der Waals surface area contributed by atoms with Gasteiger partial charge >= 0.3 is 0 Å². The smallest absolute Gasteiger partial charge is 0.159 e. The van der Waals surface area contributed by atoms with E-state index in [0.29, 0.717) is 63.9 Å². The molecule has 1 saturated carbocycles. The minimum Gasteiger partial charge on any atom is -0.398 e. The van der Waals surface area contributed by atoms with Crippen molar-refractivity contribution < 1.29 is 8.78 Å². The summed E-state index contributed by atoms with van der Waals surface area (Å²) < 4.78 is 33.3. The van der Waals surface area contributed by atoms with E-state index in [1.165, 1.54) is 44.7 Å². The van der Waals surface area contributed by atoms with E-state index >= 15 is 8.78 Å². The van der Waals surface area contributed by atoms with Gasteiger partial charge in [0.15, 0.2) is 5.82 Å². The molecule has 7 nitrogen and oxygen atoms in total. The summed E-state index contributed by atoms with van der Waals surface area (Å²) in [5.74, 6) is 1.53. The van der Waals surface area contributed by atoms with Crippen molar-refractivity contribution in [2.45, 2.75) is 104 Å². The van der Waals surface area contributed by atoms with Crippen LogP contribution in [0, 0.1) is 29.9 Å². The third-order valence-electron chi connectivity index (χ3n) is 13.2. The number of anilines is 2. The van der Waals surface area contributed by atoms with Gasteiger partial charge in [0.05, 0.1) is 11.1 Å². The van der Waals surface area contributed by atoms with Gasteiger partial charge in [-0.25, -0.2) is 18.7 Å². The lowest BCUT2D eigenvalue weighted by Gasteiger charge is -2.44. The first-order chi connectivity index (χ1) is 25.6. The van der Waals surface area contributed by atoms with Gasteiger partial charge < -0.3 is 15.5 Å². The number of benzene rings is 3. The Kier molecular flexibility index (Phi) is 9.94. The fourth-order valence-electron chi connectivity index (χ4n) is 10.3. The van der Waals surface area contributed by atoms with E-state index in [9.17, 15) is 0 Å². The average molecular weight is 722 g/mol. The molecule has 2 N–H and O–H groups in total. The van der Waals surface area contributed by atoms with E-state index in [1.807, 2.05) is 26.0 Å². The average Bonchev–Trinajstić information content (AvgIpc) is 3.39. The molecular formula is C44H57F2N7. The Balaban J connectivity index is 1.32. The maximum absolute atomic E-state index is 17.8. The zero-order chi connectivity index (χ0) is 37.0. The number of halogens is 2. The van der Waals surface area contributed by atoms with Gasteiger partial charge in [0.25, 0.3) is 0 Å². The standard InChI is InChI=1S/C44H57F2N7/c1-6-32-35(45)15-12-29-20-27(3)21-33(37(29)32)38-40(46)42-39(34(22-48-5)41(38)47)43(50-36(49-42)16-18-44(4)17-9-19-51(7-2)26-44)53-30-13-14-31(53)25-52(24-30)23-28-10-8-11-28/h12,15,20-22,28,30-31H,6-11,13-14,16-19,23-26,47H2,1-5H3/t30?,31?,44-/m0/s1.